The maximum absolute atomic E-state index is 12.3. The Morgan fingerprint density at radius 2 is 2.26 bits per heavy atom. The molecule has 2 heterocycles. The number of H-pyrrole nitrogens is 1. The van der Waals surface area contributed by atoms with Gasteiger partial charge in [-0.1, -0.05) is 6.92 Å². The zero-order valence-corrected chi connectivity index (χ0v) is 13.3. The highest BCUT2D eigenvalue weighted by molar-refractivity contribution is 5.94. The Bertz CT molecular complexity index is 734. The normalized spacial score (nSPS) is 15.0. The number of aromatic nitrogens is 3. The van der Waals surface area contributed by atoms with Gasteiger partial charge < -0.3 is 14.9 Å². The summed E-state index contributed by atoms with van der Waals surface area (Å²) in [5.41, 5.74) is 2.03. The van der Waals surface area contributed by atoms with E-state index in [1.165, 1.54) is 0 Å². The molecule has 0 aliphatic heterocycles. The number of carbonyl (C=O) groups excluding carboxylic acids is 1. The Morgan fingerprint density at radius 1 is 1.43 bits per heavy atom. The van der Waals surface area contributed by atoms with Crippen LogP contribution in [0.4, 0.5) is 0 Å². The number of nitrogens with one attached hydrogen (secondary N) is 2. The molecule has 1 aliphatic carbocycles. The van der Waals surface area contributed by atoms with Crippen LogP contribution in [0.5, 0.6) is 0 Å². The van der Waals surface area contributed by atoms with E-state index in [1.807, 2.05) is 10.8 Å². The summed E-state index contributed by atoms with van der Waals surface area (Å²) in [6, 6.07) is 1.77. The van der Waals surface area contributed by atoms with Gasteiger partial charge in [0.05, 0.1) is 6.33 Å². The first-order chi connectivity index (χ1) is 11.1. The van der Waals surface area contributed by atoms with Gasteiger partial charge in [-0.25, -0.2) is 4.98 Å². The van der Waals surface area contributed by atoms with E-state index in [0.717, 1.165) is 43.5 Å². The number of hydrogen-bond donors (Lipinski definition) is 2. The molecule has 2 aromatic rings. The van der Waals surface area contributed by atoms with Gasteiger partial charge in [-0.3, -0.25) is 9.59 Å². The van der Waals surface area contributed by atoms with E-state index in [2.05, 4.69) is 22.2 Å². The number of pyridine rings is 1. The fourth-order valence-electron chi connectivity index (χ4n) is 3.02. The Morgan fingerprint density at radius 3 is 3.04 bits per heavy atom. The monoisotopic (exact) mass is 314 g/mol. The minimum atomic E-state index is -0.294. The fourth-order valence-corrected chi connectivity index (χ4v) is 3.02. The lowest BCUT2D eigenvalue weighted by Gasteiger charge is -2.17. The summed E-state index contributed by atoms with van der Waals surface area (Å²) in [5.74, 6) is -0.0398. The molecule has 0 spiro atoms. The van der Waals surface area contributed by atoms with E-state index in [0.29, 0.717) is 6.54 Å². The van der Waals surface area contributed by atoms with Gasteiger partial charge in [-0.05, 0) is 43.2 Å². The van der Waals surface area contributed by atoms with Gasteiger partial charge in [-0.15, -0.1) is 0 Å². The van der Waals surface area contributed by atoms with Crippen molar-refractivity contribution in [2.45, 2.75) is 39.2 Å². The van der Waals surface area contributed by atoms with Crippen molar-refractivity contribution in [3.05, 3.63) is 52.0 Å². The molecule has 23 heavy (non-hydrogen) atoms. The average molecular weight is 314 g/mol. The maximum atomic E-state index is 12.3. The molecule has 2 N–H and O–H groups in total. The number of aryl methyl sites for hydroxylation is 2. The summed E-state index contributed by atoms with van der Waals surface area (Å²) in [6.07, 6.45) is 9.43. The summed E-state index contributed by atoms with van der Waals surface area (Å²) >= 11 is 0. The van der Waals surface area contributed by atoms with Crippen LogP contribution in [0.1, 0.15) is 41.4 Å². The van der Waals surface area contributed by atoms with E-state index < -0.39 is 0 Å². The van der Waals surface area contributed by atoms with Crippen molar-refractivity contribution in [2.75, 3.05) is 6.54 Å². The highest BCUT2D eigenvalue weighted by Gasteiger charge is 2.17. The van der Waals surface area contributed by atoms with Crippen LogP contribution in [0.3, 0.4) is 0 Å². The van der Waals surface area contributed by atoms with E-state index in [4.69, 9.17) is 0 Å². The highest BCUT2D eigenvalue weighted by Crippen LogP contribution is 2.18. The van der Waals surface area contributed by atoms with E-state index in [9.17, 15) is 9.59 Å². The molecule has 0 fully saturated rings. The second-order valence-corrected chi connectivity index (χ2v) is 6.30. The second-order valence-electron chi connectivity index (χ2n) is 6.30. The van der Waals surface area contributed by atoms with Crippen molar-refractivity contribution in [2.24, 2.45) is 5.92 Å². The number of fused-ring (bicyclic) bond motifs is 1. The third-order valence-corrected chi connectivity index (χ3v) is 4.28. The van der Waals surface area contributed by atoms with Crippen LogP contribution < -0.4 is 10.9 Å². The topological polar surface area (TPSA) is 79.8 Å². The fraction of sp³-hybridized carbons (Fsp3) is 0.471. The first kappa shape index (κ1) is 15.5. The summed E-state index contributed by atoms with van der Waals surface area (Å²) in [5, 5.41) is 2.87. The van der Waals surface area contributed by atoms with Crippen LogP contribution in [0.2, 0.25) is 0 Å². The predicted octanol–water partition coefficient (Wildman–Crippen LogP) is 1.52. The second kappa shape index (κ2) is 6.81. The summed E-state index contributed by atoms with van der Waals surface area (Å²) in [7, 11) is 0. The van der Waals surface area contributed by atoms with Crippen molar-refractivity contribution in [1.82, 2.24) is 19.9 Å². The molecule has 0 radical (unpaired) electrons. The van der Waals surface area contributed by atoms with E-state index >= 15 is 0 Å². The van der Waals surface area contributed by atoms with Crippen molar-refractivity contribution >= 4 is 5.91 Å². The summed E-state index contributed by atoms with van der Waals surface area (Å²) in [4.78, 5) is 31.3. The van der Waals surface area contributed by atoms with Crippen LogP contribution in [0.25, 0.3) is 0 Å². The molecule has 0 bridgehead atoms. The quantitative estimate of drug-likeness (QED) is 0.878. The third-order valence-electron chi connectivity index (χ3n) is 4.28. The number of nitrogens with zero attached hydrogens (tertiary/aromatic N) is 2. The molecule has 2 aromatic heterocycles. The van der Waals surface area contributed by atoms with Crippen LogP contribution in [0.15, 0.2) is 29.6 Å². The lowest BCUT2D eigenvalue weighted by molar-refractivity contribution is 0.0945. The van der Waals surface area contributed by atoms with Crippen molar-refractivity contribution < 1.29 is 4.79 Å². The lowest BCUT2D eigenvalue weighted by Crippen LogP contribution is -2.34. The van der Waals surface area contributed by atoms with Gasteiger partial charge in [-0.2, -0.15) is 0 Å². The number of hydrogen-bond acceptors (Lipinski definition) is 3. The number of aromatic amines is 1. The number of rotatable bonds is 5. The van der Waals surface area contributed by atoms with Crippen molar-refractivity contribution in [3.8, 4) is 0 Å². The number of carbonyl (C=O) groups is 1. The third kappa shape index (κ3) is 3.70. The van der Waals surface area contributed by atoms with Gasteiger partial charge in [0.15, 0.2) is 0 Å². The molecule has 3 rings (SSSR count). The largest absolute Gasteiger partial charge is 0.352 e. The molecular weight excluding hydrogens is 292 g/mol. The molecule has 0 saturated heterocycles. The Labute approximate surface area is 134 Å². The SMILES string of the molecule is C[C@H](CNC(=O)c1cc2c([nH]c1=O)CCCC2)Cn1ccnc1. The minimum absolute atomic E-state index is 0.223. The lowest BCUT2D eigenvalue weighted by atomic mass is 9.95. The molecular formula is C17H22N4O2. The Kier molecular flexibility index (Phi) is 4.60. The first-order valence-corrected chi connectivity index (χ1v) is 8.12. The Hall–Kier alpha value is -2.37. The van der Waals surface area contributed by atoms with Crippen molar-refractivity contribution in [3.63, 3.8) is 0 Å². The molecule has 1 amide bonds. The van der Waals surface area contributed by atoms with Gasteiger partial charge in [0, 0.05) is 31.2 Å². The first-order valence-electron chi connectivity index (χ1n) is 8.12. The van der Waals surface area contributed by atoms with Gasteiger partial charge >= 0.3 is 0 Å². The molecule has 1 aliphatic rings. The van der Waals surface area contributed by atoms with Crippen molar-refractivity contribution in [1.29, 1.82) is 0 Å². The van der Waals surface area contributed by atoms with Gasteiger partial charge in [0.1, 0.15) is 5.56 Å². The maximum Gasteiger partial charge on any atom is 0.261 e. The van der Waals surface area contributed by atoms with Crippen LogP contribution in [-0.2, 0) is 19.4 Å². The van der Waals surface area contributed by atoms with Crippen LogP contribution in [0, 0.1) is 5.92 Å². The molecule has 0 saturated carbocycles. The molecule has 6 nitrogen and oxygen atoms in total. The average Bonchev–Trinajstić information content (AvgIpc) is 3.05. The minimum Gasteiger partial charge on any atom is -0.352 e. The van der Waals surface area contributed by atoms with Crippen LogP contribution >= 0.6 is 0 Å². The van der Waals surface area contributed by atoms with Crippen LogP contribution in [-0.4, -0.2) is 27.0 Å². The van der Waals surface area contributed by atoms with E-state index in [1.54, 1.807) is 18.6 Å². The predicted molar refractivity (Wildman–Crippen MR) is 87.4 cm³/mol. The molecule has 0 unspecified atom stereocenters. The zero-order valence-electron chi connectivity index (χ0n) is 13.3. The zero-order chi connectivity index (χ0) is 16.2. The summed E-state index contributed by atoms with van der Waals surface area (Å²) in [6.45, 7) is 3.35. The molecule has 6 heteroatoms. The number of imidazole rings is 1. The standard InChI is InChI=1S/C17H22N4O2/c1-12(10-21-7-6-18-11-21)9-19-16(22)14-8-13-4-2-3-5-15(13)20-17(14)23/h6-8,11-12H,2-5,9-10H2,1H3,(H,19,22)(H,20,23)/t12-/m1/s1. The highest BCUT2D eigenvalue weighted by atomic mass is 16.2. The molecule has 0 aromatic carbocycles. The summed E-state index contributed by atoms with van der Waals surface area (Å²) < 4.78 is 1.97. The Balaban J connectivity index is 1.63. The smallest absolute Gasteiger partial charge is 0.261 e. The molecule has 122 valence electrons. The van der Waals surface area contributed by atoms with Gasteiger partial charge in [0.25, 0.3) is 11.5 Å². The number of amides is 1. The van der Waals surface area contributed by atoms with Gasteiger partial charge in [0.2, 0.25) is 0 Å². The molecule has 1 atom stereocenters. The van der Waals surface area contributed by atoms with E-state index in [-0.39, 0.29) is 22.9 Å².